The van der Waals surface area contributed by atoms with Gasteiger partial charge >= 0.3 is 0 Å². The van der Waals surface area contributed by atoms with Crippen molar-refractivity contribution in [3.05, 3.63) is 35.9 Å². The number of nitrogens with zero attached hydrogens (tertiary/aromatic N) is 2. The molecule has 0 amide bonds. The third kappa shape index (κ3) is 5.44. The first-order valence-corrected chi connectivity index (χ1v) is 7.97. The Hall–Kier alpha value is -1.36. The van der Waals surface area contributed by atoms with E-state index in [4.69, 9.17) is 9.47 Å². The Kier molecular flexibility index (Phi) is 6.90. The Bertz CT molecular complexity index is 474. The van der Waals surface area contributed by atoms with Gasteiger partial charge in [-0.3, -0.25) is 4.90 Å². The lowest BCUT2D eigenvalue weighted by molar-refractivity contribution is -0.0304. The van der Waals surface area contributed by atoms with E-state index in [9.17, 15) is 0 Å². The van der Waals surface area contributed by atoms with Gasteiger partial charge in [0.05, 0.1) is 19.8 Å². The summed E-state index contributed by atoms with van der Waals surface area (Å²) in [6.07, 6.45) is 5.81. The van der Waals surface area contributed by atoms with Gasteiger partial charge in [0.1, 0.15) is 5.75 Å². The van der Waals surface area contributed by atoms with Crippen LogP contribution < -0.4 is 4.74 Å². The predicted octanol–water partition coefficient (Wildman–Crippen LogP) is 2.36. The number of hydrogen-bond donors (Lipinski definition) is 0. The van der Waals surface area contributed by atoms with Crippen molar-refractivity contribution in [3.8, 4) is 5.75 Å². The molecule has 1 aromatic rings. The maximum absolute atomic E-state index is 5.85. The number of rotatable bonds is 7. The van der Waals surface area contributed by atoms with E-state index >= 15 is 0 Å². The monoisotopic (exact) mass is 304 g/mol. The second-order valence-electron chi connectivity index (χ2n) is 5.99. The molecular formula is C18H28N2O2. The van der Waals surface area contributed by atoms with Crippen molar-refractivity contribution in [2.75, 3.05) is 54.0 Å². The van der Waals surface area contributed by atoms with Crippen molar-refractivity contribution in [3.63, 3.8) is 0 Å². The lowest BCUT2D eigenvalue weighted by atomic mass is 10.1. The second kappa shape index (κ2) is 8.93. The number of hydrogen-bond acceptors (Lipinski definition) is 4. The van der Waals surface area contributed by atoms with Crippen LogP contribution in [0, 0.1) is 0 Å². The van der Waals surface area contributed by atoms with Gasteiger partial charge < -0.3 is 14.4 Å². The zero-order valence-electron chi connectivity index (χ0n) is 14.0. The molecule has 0 radical (unpaired) electrons. The minimum absolute atomic E-state index is 0.357. The number of para-hydroxylation sites is 1. The Balaban J connectivity index is 1.81. The van der Waals surface area contributed by atoms with E-state index in [0.29, 0.717) is 6.10 Å². The Labute approximate surface area is 134 Å². The normalized spacial score (nSPS) is 19.9. The van der Waals surface area contributed by atoms with Gasteiger partial charge in [-0.05, 0) is 26.6 Å². The SMILES string of the molecule is COc1ccccc1/C=C/CN1CCOC(CCN(C)C)C1. The van der Waals surface area contributed by atoms with Crippen molar-refractivity contribution in [1.82, 2.24) is 9.80 Å². The van der Waals surface area contributed by atoms with Crippen LogP contribution in [0.5, 0.6) is 5.75 Å². The summed E-state index contributed by atoms with van der Waals surface area (Å²) >= 11 is 0. The van der Waals surface area contributed by atoms with Crippen molar-refractivity contribution in [1.29, 1.82) is 0 Å². The Morgan fingerprint density at radius 2 is 2.18 bits per heavy atom. The molecule has 0 spiro atoms. The van der Waals surface area contributed by atoms with E-state index in [2.05, 4.69) is 42.1 Å². The lowest BCUT2D eigenvalue weighted by Gasteiger charge is -2.32. The molecule has 1 fully saturated rings. The smallest absolute Gasteiger partial charge is 0.126 e. The average Bonchev–Trinajstić information content (AvgIpc) is 2.54. The van der Waals surface area contributed by atoms with E-state index < -0.39 is 0 Å². The molecule has 1 heterocycles. The molecule has 2 rings (SSSR count). The molecule has 4 heteroatoms. The van der Waals surface area contributed by atoms with Gasteiger partial charge in [-0.1, -0.05) is 30.4 Å². The van der Waals surface area contributed by atoms with E-state index in [1.807, 2.05) is 18.2 Å². The van der Waals surface area contributed by atoms with E-state index in [-0.39, 0.29) is 0 Å². The molecule has 1 aliphatic heterocycles. The van der Waals surface area contributed by atoms with Gasteiger partial charge in [0.25, 0.3) is 0 Å². The van der Waals surface area contributed by atoms with Crippen molar-refractivity contribution >= 4 is 6.08 Å². The van der Waals surface area contributed by atoms with Crippen LogP contribution in [0.1, 0.15) is 12.0 Å². The highest BCUT2D eigenvalue weighted by Crippen LogP contribution is 2.18. The summed E-state index contributed by atoms with van der Waals surface area (Å²) in [7, 11) is 5.93. The summed E-state index contributed by atoms with van der Waals surface area (Å²) in [5, 5.41) is 0. The number of ether oxygens (including phenoxy) is 2. The average molecular weight is 304 g/mol. The fourth-order valence-electron chi connectivity index (χ4n) is 2.66. The lowest BCUT2D eigenvalue weighted by Crippen LogP contribution is -2.43. The molecule has 0 aliphatic carbocycles. The zero-order chi connectivity index (χ0) is 15.8. The highest BCUT2D eigenvalue weighted by molar-refractivity contribution is 5.57. The van der Waals surface area contributed by atoms with Crippen molar-refractivity contribution in [2.45, 2.75) is 12.5 Å². The van der Waals surface area contributed by atoms with Gasteiger partial charge in [0, 0.05) is 31.7 Å². The van der Waals surface area contributed by atoms with Crippen LogP contribution in [0.4, 0.5) is 0 Å². The molecule has 0 bridgehead atoms. The summed E-state index contributed by atoms with van der Waals surface area (Å²) in [6.45, 7) is 4.90. The van der Waals surface area contributed by atoms with E-state index in [1.165, 1.54) is 0 Å². The summed E-state index contributed by atoms with van der Waals surface area (Å²) in [5.41, 5.74) is 1.13. The van der Waals surface area contributed by atoms with Crippen LogP contribution in [0.3, 0.4) is 0 Å². The first kappa shape index (κ1) is 17.0. The topological polar surface area (TPSA) is 24.9 Å². The fraction of sp³-hybridized carbons (Fsp3) is 0.556. The quantitative estimate of drug-likeness (QED) is 0.772. The Morgan fingerprint density at radius 1 is 1.36 bits per heavy atom. The van der Waals surface area contributed by atoms with Crippen molar-refractivity contribution < 1.29 is 9.47 Å². The highest BCUT2D eigenvalue weighted by Gasteiger charge is 2.19. The Morgan fingerprint density at radius 3 is 2.95 bits per heavy atom. The standard InChI is InChI=1S/C18H28N2O2/c1-19(2)12-10-17-15-20(13-14-22-17)11-6-8-16-7-4-5-9-18(16)21-3/h4-9,17H,10-15H2,1-3H3/b8-6+. The van der Waals surface area contributed by atoms with E-state index in [0.717, 1.165) is 50.5 Å². The van der Waals surface area contributed by atoms with Crippen LogP contribution >= 0.6 is 0 Å². The second-order valence-corrected chi connectivity index (χ2v) is 5.99. The number of methoxy groups -OCH3 is 1. The maximum Gasteiger partial charge on any atom is 0.126 e. The molecule has 4 nitrogen and oxygen atoms in total. The summed E-state index contributed by atoms with van der Waals surface area (Å²) in [4.78, 5) is 4.67. The predicted molar refractivity (Wildman–Crippen MR) is 91.4 cm³/mol. The van der Waals surface area contributed by atoms with Crippen LogP contribution in [0.15, 0.2) is 30.3 Å². The molecule has 1 saturated heterocycles. The van der Waals surface area contributed by atoms with Gasteiger partial charge in [-0.2, -0.15) is 0 Å². The molecule has 0 saturated carbocycles. The molecule has 0 N–H and O–H groups in total. The molecule has 22 heavy (non-hydrogen) atoms. The van der Waals surface area contributed by atoms with Crippen LogP contribution in [-0.2, 0) is 4.74 Å². The largest absolute Gasteiger partial charge is 0.496 e. The van der Waals surface area contributed by atoms with Gasteiger partial charge in [0.2, 0.25) is 0 Å². The molecule has 1 aromatic carbocycles. The number of morpholine rings is 1. The summed E-state index contributed by atoms with van der Waals surface area (Å²) in [6, 6.07) is 8.10. The van der Waals surface area contributed by atoms with Gasteiger partial charge in [-0.25, -0.2) is 0 Å². The molecule has 122 valence electrons. The van der Waals surface area contributed by atoms with Crippen molar-refractivity contribution in [2.24, 2.45) is 0 Å². The third-order valence-electron chi connectivity index (χ3n) is 3.92. The van der Waals surface area contributed by atoms with Crippen LogP contribution in [-0.4, -0.2) is 69.9 Å². The van der Waals surface area contributed by atoms with Gasteiger partial charge in [-0.15, -0.1) is 0 Å². The highest BCUT2D eigenvalue weighted by atomic mass is 16.5. The minimum Gasteiger partial charge on any atom is -0.496 e. The molecule has 1 aliphatic rings. The number of benzene rings is 1. The van der Waals surface area contributed by atoms with E-state index in [1.54, 1.807) is 7.11 Å². The molecule has 1 unspecified atom stereocenters. The zero-order valence-corrected chi connectivity index (χ0v) is 14.0. The van der Waals surface area contributed by atoms with Gasteiger partial charge in [0.15, 0.2) is 0 Å². The molecule has 0 aromatic heterocycles. The summed E-state index contributed by atoms with van der Waals surface area (Å²) < 4.78 is 11.2. The molecular weight excluding hydrogens is 276 g/mol. The minimum atomic E-state index is 0.357. The third-order valence-corrected chi connectivity index (χ3v) is 3.92. The maximum atomic E-state index is 5.85. The van der Waals surface area contributed by atoms with Crippen LogP contribution in [0.25, 0.3) is 6.08 Å². The van der Waals surface area contributed by atoms with Crippen LogP contribution in [0.2, 0.25) is 0 Å². The summed E-state index contributed by atoms with van der Waals surface area (Å²) in [5.74, 6) is 0.921. The molecule has 1 atom stereocenters. The fourth-order valence-corrected chi connectivity index (χ4v) is 2.66. The first-order valence-electron chi connectivity index (χ1n) is 7.97. The first-order chi connectivity index (χ1) is 10.7.